The Kier molecular flexibility index (Phi) is 5.54. The maximum atomic E-state index is 12.5. The van der Waals surface area contributed by atoms with Gasteiger partial charge in [0.2, 0.25) is 0 Å². The molecule has 3 aliphatic rings. The molecule has 4 heterocycles. The molecule has 0 aromatic carbocycles. The van der Waals surface area contributed by atoms with Gasteiger partial charge in [-0.15, -0.1) is 0 Å². The fourth-order valence-corrected chi connectivity index (χ4v) is 4.36. The molecule has 160 valence electrons. The van der Waals surface area contributed by atoms with Gasteiger partial charge in [0.05, 0.1) is 25.5 Å². The highest BCUT2D eigenvalue weighted by Gasteiger charge is 2.29. The first-order chi connectivity index (χ1) is 14.7. The molecule has 0 spiro atoms. The summed E-state index contributed by atoms with van der Waals surface area (Å²) in [4.78, 5) is 22.2. The predicted octanol–water partition coefficient (Wildman–Crippen LogP) is 2.18. The van der Waals surface area contributed by atoms with E-state index in [-0.39, 0.29) is 17.6 Å². The van der Waals surface area contributed by atoms with Gasteiger partial charge in [-0.1, -0.05) is 17.7 Å². The van der Waals surface area contributed by atoms with Gasteiger partial charge < -0.3 is 14.5 Å². The van der Waals surface area contributed by atoms with E-state index in [0.717, 1.165) is 57.8 Å². The molecular weight excluding hydrogens is 382 g/mol. The van der Waals surface area contributed by atoms with Crippen molar-refractivity contribution in [1.29, 1.82) is 0 Å². The molecule has 8 heteroatoms. The molecule has 1 N–H and O–H groups in total. The summed E-state index contributed by atoms with van der Waals surface area (Å²) in [6.45, 7) is 6.69. The number of aromatic nitrogens is 4. The number of nitrogens with zero attached hydrogens (tertiary/aromatic N) is 4. The maximum Gasteiger partial charge on any atom is 0.276 e. The second-order valence-electron chi connectivity index (χ2n) is 8.67. The molecule has 0 atom stereocenters. The molecule has 0 saturated carbocycles. The van der Waals surface area contributed by atoms with Crippen LogP contribution in [0, 0.1) is 0 Å². The number of hydrogen-bond donors (Lipinski definition) is 1. The lowest BCUT2D eigenvalue weighted by atomic mass is 10.00. The minimum absolute atomic E-state index is 0.133. The third kappa shape index (κ3) is 4.12. The summed E-state index contributed by atoms with van der Waals surface area (Å²) >= 11 is 0. The molecule has 2 saturated heterocycles. The van der Waals surface area contributed by atoms with Gasteiger partial charge in [-0.2, -0.15) is 5.10 Å². The van der Waals surface area contributed by atoms with Crippen molar-refractivity contribution < 1.29 is 9.47 Å². The van der Waals surface area contributed by atoms with Crippen LogP contribution in [0.3, 0.4) is 0 Å². The first-order valence-corrected chi connectivity index (χ1v) is 10.9. The Morgan fingerprint density at radius 1 is 1.23 bits per heavy atom. The lowest BCUT2D eigenvalue weighted by Gasteiger charge is -2.38. The lowest BCUT2D eigenvalue weighted by Crippen LogP contribution is -2.52. The molecule has 5 rings (SSSR count). The molecule has 8 nitrogen and oxygen atoms in total. The second-order valence-corrected chi connectivity index (χ2v) is 8.67. The zero-order chi connectivity index (χ0) is 20.5. The Morgan fingerprint density at radius 2 is 2.07 bits per heavy atom. The van der Waals surface area contributed by atoms with Gasteiger partial charge in [-0.25, -0.2) is 9.50 Å². The summed E-state index contributed by atoms with van der Waals surface area (Å²) in [5.74, 6) is 1.83. The zero-order valence-electron chi connectivity index (χ0n) is 17.5. The SMILES string of the molecule is CC1=CC=C(COC2CN(Cc3nn4c(C5CCOCC5)ncc4c(=O)[nH]3)C2)CC1. The van der Waals surface area contributed by atoms with E-state index in [4.69, 9.17) is 14.6 Å². The van der Waals surface area contributed by atoms with Gasteiger partial charge in [0.25, 0.3) is 5.56 Å². The van der Waals surface area contributed by atoms with E-state index in [0.29, 0.717) is 24.5 Å². The Bertz CT molecular complexity index is 1030. The molecule has 0 unspecified atom stereocenters. The van der Waals surface area contributed by atoms with Crippen LogP contribution in [0.25, 0.3) is 5.52 Å². The summed E-state index contributed by atoms with van der Waals surface area (Å²) in [5.41, 5.74) is 3.18. The summed E-state index contributed by atoms with van der Waals surface area (Å²) < 4.78 is 13.2. The maximum absolute atomic E-state index is 12.5. The quantitative estimate of drug-likeness (QED) is 0.784. The predicted molar refractivity (Wildman–Crippen MR) is 112 cm³/mol. The molecule has 2 aromatic heterocycles. The van der Waals surface area contributed by atoms with Crippen LogP contribution < -0.4 is 5.56 Å². The van der Waals surface area contributed by atoms with Crippen LogP contribution in [0.5, 0.6) is 0 Å². The number of aromatic amines is 1. The first-order valence-electron chi connectivity index (χ1n) is 10.9. The molecule has 2 aromatic rings. The fourth-order valence-electron chi connectivity index (χ4n) is 4.36. The molecule has 0 bridgehead atoms. The van der Waals surface area contributed by atoms with Crippen molar-refractivity contribution in [2.45, 2.75) is 51.2 Å². The third-order valence-corrected chi connectivity index (χ3v) is 6.31. The third-order valence-electron chi connectivity index (χ3n) is 6.31. The molecule has 0 radical (unpaired) electrons. The average molecular weight is 412 g/mol. The topological polar surface area (TPSA) is 84.8 Å². The van der Waals surface area contributed by atoms with Gasteiger partial charge in [-0.05, 0) is 38.2 Å². The number of imidazole rings is 1. The van der Waals surface area contributed by atoms with Crippen LogP contribution in [0.4, 0.5) is 0 Å². The van der Waals surface area contributed by atoms with E-state index in [1.165, 1.54) is 11.1 Å². The molecule has 2 fully saturated rings. The van der Waals surface area contributed by atoms with Gasteiger partial charge in [-0.3, -0.25) is 9.69 Å². The van der Waals surface area contributed by atoms with Crippen LogP contribution in [0.2, 0.25) is 0 Å². The van der Waals surface area contributed by atoms with Crippen molar-refractivity contribution in [1.82, 2.24) is 24.5 Å². The summed E-state index contributed by atoms with van der Waals surface area (Å²) in [6.07, 6.45) is 10.3. The van der Waals surface area contributed by atoms with Crippen LogP contribution in [-0.2, 0) is 16.0 Å². The van der Waals surface area contributed by atoms with Crippen molar-refractivity contribution in [2.75, 3.05) is 32.9 Å². The van der Waals surface area contributed by atoms with E-state index >= 15 is 0 Å². The van der Waals surface area contributed by atoms with Crippen LogP contribution >= 0.6 is 0 Å². The fraction of sp³-hybridized carbons (Fsp3) is 0.591. The van der Waals surface area contributed by atoms with Crippen molar-refractivity contribution in [2.24, 2.45) is 0 Å². The second kappa shape index (κ2) is 8.45. The molecule has 1 aliphatic carbocycles. The average Bonchev–Trinajstić information content (AvgIpc) is 3.16. The van der Waals surface area contributed by atoms with Gasteiger partial charge >= 0.3 is 0 Å². The largest absolute Gasteiger partial charge is 0.381 e. The van der Waals surface area contributed by atoms with Crippen LogP contribution in [-0.4, -0.2) is 63.5 Å². The van der Waals surface area contributed by atoms with E-state index in [9.17, 15) is 4.79 Å². The van der Waals surface area contributed by atoms with Gasteiger partial charge in [0.1, 0.15) is 11.6 Å². The standard InChI is InChI=1S/C22H29N5O3/c1-15-2-4-16(5-3-15)14-30-18-11-26(12-18)13-20-24-22(28)19-10-23-21(27(19)25-20)17-6-8-29-9-7-17/h2,4,10,17-18H,3,5-9,11-14H2,1H3,(H,24,25,28). The molecular formula is C22H29N5O3. The molecule has 30 heavy (non-hydrogen) atoms. The highest BCUT2D eigenvalue weighted by atomic mass is 16.5. The number of likely N-dealkylation sites (tertiary alicyclic amines) is 1. The van der Waals surface area contributed by atoms with Crippen molar-refractivity contribution in [3.8, 4) is 0 Å². The van der Waals surface area contributed by atoms with E-state index in [2.05, 4.69) is 33.9 Å². The Hall–Kier alpha value is -2.29. The number of ether oxygens (including phenoxy) is 2. The van der Waals surface area contributed by atoms with E-state index < -0.39 is 0 Å². The van der Waals surface area contributed by atoms with Crippen molar-refractivity contribution in [3.05, 3.63) is 51.5 Å². The Balaban J connectivity index is 1.20. The normalized spacial score (nSPS) is 21.5. The minimum Gasteiger partial charge on any atom is -0.381 e. The lowest BCUT2D eigenvalue weighted by molar-refractivity contribution is -0.0512. The summed E-state index contributed by atoms with van der Waals surface area (Å²) in [6, 6.07) is 0. The monoisotopic (exact) mass is 411 g/mol. The van der Waals surface area contributed by atoms with Crippen molar-refractivity contribution >= 4 is 5.52 Å². The number of rotatable bonds is 6. The minimum atomic E-state index is -0.133. The smallest absolute Gasteiger partial charge is 0.276 e. The van der Waals surface area contributed by atoms with Crippen molar-refractivity contribution in [3.63, 3.8) is 0 Å². The number of nitrogens with one attached hydrogen (secondary N) is 1. The Labute approximate surface area is 175 Å². The number of allylic oxidation sites excluding steroid dienone is 3. The van der Waals surface area contributed by atoms with Gasteiger partial charge in [0.15, 0.2) is 5.52 Å². The molecule has 0 amide bonds. The van der Waals surface area contributed by atoms with E-state index in [1.807, 2.05) is 0 Å². The molecule has 2 aliphatic heterocycles. The summed E-state index contributed by atoms with van der Waals surface area (Å²) in [7, 11) is 0. The zero-order valence-corrected chi connectivity index (χ0v) is 17.5. The number of H-pyrrole nitrogens is 1. The van der Waals surface area contributed by atoms with Crippen LogP contribution in [0.1, 0.15) is 50.2 Å². The highest BCUT2D eigenvalue weighted by molar-refractivity contribution is 5.42. The highest BCUT2D eigenvalue weighted by Crippen LogP contribution is 2.25. The summed E-state index contributed by atoms with van der Waals surface area (Å²) in [5, 5.41) is 4.70. The number of fused-ring (bicyclic) bond motifs is 1. The van der Waals surface area contributed by atoms with Gasteiger partial charge in [0, 0.05) is 32.2 Å². The Morgan fingerprint density at radius 3 is 2.83 bits per heavy atom. The number of hydrogen-bond acceptors (Lipinski definition) is 6. The van der Waals surface area contributed by atoms with E-state index in [1.54, 1.807) is 10.7 Å². The first kappa shape index (κ1) is 19.7. The van der Waals surface area contributed by atoms with Crippen LogP contribution in [0.15, 0.2) is 34.3 Å².